The number of benzene rings is 1. The number of nitrogens with one attached hydrogen (secondary N) is 1. The number of anilines is 1. The van der Waals surface area contributed by atoms with Crippen LogP contribution >= 0.6 is 0 Å². The molecule has 24 heavy (non-hydrogen) atoms. The number of carbonyl (C=O) groups excluding carboxylic acids is 1. The van der Waals surface area contributed by atoms with Crippen molar-refractivity contribution in [1.82, 2.24) is 5.32 Å². The third kappa shape index (κ3) is 4.85. The fourth-order valence-corrected chi connectivity index (χ4v) is 3.45. The standard InChI is InChI=1S/C16H24N2O5S/c1-12-6-7-15(22-2)14(9-12)18(24(3,20)21)11-16(19)17-10-13-5-4-8-23-13/h6-7,9,13H,4-5,8,10-11H2,1-3H3,(H,17,19)/t13-/m1/s1. The van der Waals surface area contributed by atoms with E-state index in [1.165, 1.54) is 7.11 Å². The van der Waals surface area contributed by atoms with Gasteiger partial charge in [-0.1, -0.05) is 6.07 Å². The summed E-state index contributed by atoms with van der Waals surface area (Å²) >= 11 is 0. The zero-order valence-corrected chi connectivity index (χ0v) is 15.1. The van der Waals surface area contributed by atoms with E-state index in [-0.39, 0.29) is 18.6 Å². The summed E-state index contributed by atoms with van der Waals surface area (Å²) in [5.74, 6) is 0.0254. The molecule has 0 aromatic heterocycles. The van der Waals surface area contributed by atoms with Crippen molar-refractivity contribution in [2.45, 2.75) is 25.9 Å². The van der Waals surface area contributed by atoms with Crippen molar-refractivity contribution >= 4 is 21.6 Å². The molecule has 1 aromatic carbocycles. The van der Waals surface area contributed by atoms with Crippen LogP contribution in [0.4, 0.5) is 5.69 Å². The Morgan fingerprint density at radius 1 is 1.46 bits per heavy atom. The van der Waals surface area contributed by atoms with Gasteiger partial charge in [-0.15, -0.1) is 0 Å². The molecule has 0 saturated carbocycles. The van der Waals surface area contributed by atoms with E-state index in [0.29, 0.717) is 24.6 Å². The maximum Gasteiger partial charge on any atom is 0.240 e. The molecule has 8 heteroatoms. The minimum absolute atomic E-state index is 0.00846. The summed E-state index contributed by atoms with van der Waals surface area (Å²) < 4.78 is 36.1. The fraction of sp³-hybridized carbons (Fsp3) is 0.562. The third-order valence-electron chi connectivity index (χ3n) is 3.84. The number of nitrogens with zero attached hydrogens (tertiary/aromatic N) is 1. The first kappa shape index (κ1) is 18.5. The molecule has 0 spiro atoms. The molecule has 1 saturated heterocycles. The highest BCUT2D eigenvalue weighted by atomic mass is 32.2. The second-order valence-corrected chi connectivity index (χ2v) is 7.79. The van der Waals surface area contributed by atoms with Crippen molar-refractivity contribution < 1.29 is 22.7 Å². The molecule has 1 fully saturated rings. The summed E-state index contributed by atoms with van der Waals surface area (Å²) in [6.45, 7) is 2.64. The van der Waals surface area contributed by atoms with Crippen molar-refractivity contribution in [3.8, 4) is 5.75 Å². The van der Waals surface area contributed by atoms with Gasteiger partial charge in [0.1, 0.15) is 12.3 Å². The SMILES string of the molecule is COc1ccc(C)cc1N(CC(=O)NC[C@H]1CCCO1)S(C)(=O)=O. The predicted molar refractivity (Wildman–Crippen MR) is 91.9 cm³/mol. The quantitative estimate of drug-likeness (QED) is 0.790. The highest BCUT2D eigenvalue weighted by Gasteiger charge is 2.25. The van der Waals surface area contributed by atoms with Crippen molar-refractivity contribution in [2.24, 2.45) is 0 Å². The Morgan fingerprint density at radius 2 is 2.21 bits per heavy atom. The molecular weight excluding hydrogens is 332 g/mol. The monoisotopic (exact) mass is 356 g/mol. The Hall–Kier alpha value is -1.80. The predicted octanol–water partition coefficient (Wildman–Crippen LogP) is 1.06. The molecule has 0 aliphatic carbocycles. The second kappa shape index (κ2) is 7.85. The summed E-state index contributed by atoms with van der Waals surface area (Å²) in [4.78, 5) is 12.2. The number of methoxy groups -OCH3 is 1. The average molecular weight is 356 g/mol. The first-order valence-corrected chi connectivity index (χ1v) is 9.66. The largest absolute Gasteiger partial charge is 0.495 e. The number of ether oxygens (including phenoxy) is 2. The Kier molecular flexibility index (Phi) is 6.06. The van der Waals surface area contributed by atoms with Crippen LogP contribution in [0.25, 0.3) is 0 Å². The van der Waals surface area contributed by atoms with Gasteiger partial charge in [-0.2, -0.15) is 0 Å². The Labute approximate surface area is 143 Å². The van der Waals surface area contributed by atoms with Crippen LogP contribution in [-0.4, -0.2) is 53.5 Å². The number of hydrogen-bond donors (Lipinski definition) is 1. The normalized spacial score (nSPS) is 17.5. The summed E-state index contributed by atoms with van der Waals surface area (Å²) in [5.41, 5.74) is 1.23. The number of sulfonamides is 1. The fourth-order valence-electron chi connectivity index (χ4n) is 2.60. The molecule has 0 bridgehead atoms. The number of carbonyl (C=O) groups is 1. The van der Waals surface area contributed by atoms with Crippen LogP contribution in [0.3, 0.4) is 0 Å². The average Bonchev–Trinajstić information content (AvgIpc) is 3.03. The molecule has 134 valence electrons. The van der Waals surface area contributed by atoms with Crippen molar-refractivity contribution in [3.63, 3.8) is 0 Å². The van der Waals surface area contributed by atoms with Crippen LogP contribution in [0.5, 0.6) is 5.75 Å². The van der Waals surface area contributed by atoms with Gasteiger partial charge in [0.15, 0.2) is 0 Å². The van der Waals surface area contributed by atoms with Gasteiger partial charge in [0.05, 0.1) is 25.2 Å². The summed E-state index contributed by atoms with van der Waals surface area (Å²) in [5, 5.41) is 2.74. The molecule has 1 aromatic rings. The molecule has 1 atom stereocenters. The van der Waals surface area contributed by atoms with Crippen LogP contribution in [0, 0.1) is 6.92 Å². The van der Waals surface area contributed by atoms with Gasteiger partial charge in [0.25, 0.3) is 0 Å². The van der Waals surface area contributed by atoms with Gasteiger partial charge in [-0.25, -0.2) is 8.42 Å². The first-order chi connectivity index (χ1) is 11.3. The van der Waals surface area contributed by atoms with Crippen molar-refractivity contribution in [2.75, 3.05) is 37.4 Å². The maximum absolute atomic E-state index is 12.2. The summed E-state index contributed by atoms with van der Waals surface area (Å²) in [7, 11) is -2.17. The molecular formula is C16H24N2O5S. The Balaban J connectivity index is 2.14. The molecule has 1 heterocycles. The van der Waals surface area contributed by atoms with Crippen LogP contribution in [0.15, 0.2) is 18.2 Å². The van der Waals surface area contributed by atoms with Gasteiger partial charge in [0, 0.05) is 13.2 Å². The minimum atomic E-state index is -3.64. The molecule has 1 amide bonds. The molecule has 7 nitrogen and oxygen atoms in total. The zero-order chi connectivity index (χ0) is 17.7. The molecule has 1 N–H and O–H groups in total. The zero-order valence-electron chi connectivity index (χ0n) is 14.2. The lowest BCUT2D eigenvalue weighted by molar-refractivity contribution is -0.120. The summed E-state index contributed by atoms with van der Waals surface area (Å²) in [6.07, 6.45) is 2.97. The Bertz CT molecular complexity index is 684. The second-order valence-electron chi connectivity index (χ2n) is 5.88. The van der Waals surface area contributed by atoms with Crippen LogP contribution in [-0.2, 0) is 19.6 Å². The molecule has 1 aliphatic heterocycles. The number of hydrogen-bond acceptors (Lipinski definition) is 5. The van der Waals surface area contributed by atoms with E-state index in [4.69, 9.17) is 9.47 Å². The van der Waals surface area contributed by atoms with E-state index in [1.54, 1.807) is 12.1 Å². The maximum atomic E-state index is 12.2. The minimum Gasteiger partial charge on any atom is -0.495 e. The van der Waals surface area contributed by atoms with Crippen LogP contribution < -0.4 is 14.4 Å². The number of amides is 1. The van der Waals surface area contributed by atoms with E-state index in [0.717, 1.165) is 29.0 Å². The van der Waals surface area contributed by atoms with E-state index in [2.05, 4.69) is 5.32 Å². The first-order valence-electron chi connectivity index (χ1n) is 7.82. The topological polar surface area (TPSA) is 84.9 Å². The Morgan fingerprint density at radius 3 is 2.79 bits per heavy atom. The summed E-state index contributed by atoms with van der Waals surface area (Å²) in [6, 6.07) is 5.20. The van der Waals surface area contributed by atoms with Gasteiger partial charge < -0.3 is 14.8 Å². The van der Waals surface area contributed by atoms with E-state index in [9.17, 15) is 13.2 Å². The van der Waals surface area contributed by atoms with E-state index >= 15 is 0 Å². The van der Waals surface area contributed by atoms with Crippen LogP contribution in [0.2, 0.25) is 0 Å². The van der Waals surface area contributed by atoms with Crippen molar-refractivity contribution in [3.05, 3.63) is 23.8 Å². The van der Waals surface area contributed by atoms with E-state index < -0.39 is 10.0 Å². The van der Waals surface area contributed by atoms with Crippen molar-refractivity contribution in [1.29, 1.82) is 0 Å². The third-order valence-corrected chi connectivity index (χ3v) is 4.97. The lowest BCUT2D eigenvalue weighted by Gasteiger charge is -2.24. The lowest BCUT2D eigenvalue weighted by Crippen LogP contribution is -2.42. The molecule has 0 radical (unpaired) electrons. The van der Waals surface area contributed by atoms with E-state index in [1.807, 2.05) is 13.0 Å². The molecule has 1 aliphatic rings. The smallest absolute Gasteiger partial charge is 0.240 e. The number of aryl methyl sites for hydroxylation is 1. The van der Waals surface area contributed by atoms with Gasteiger partial charge in [-0.3, -0.25) is 9.10 Å². The highest BCUT2D eigenvalue weighted by molar-refractivity contribution is 7.92. The number of rotatable bonds is 7. The molecule has 2 rings (SSSR count). The van der Waals surface area contributed by atoms with Crippen LogP contribution in [0.1, 0.15) is 18.4 Å². The van der Waals surface area contributed by atoms with Gasteiger partial charge >= 0.3 is 0 Å². The van der Waals surface area contributed by atoms with Gasteiger partial charge in [-0.05, 0) is 37.5 Å². The highest BCUT2D eigenvalue weighted by Crippen LogP contribution is 2.30. The molecule has 0 unspecified atom stereocenters. The van der Waals surface area contributed by atoms with Gasteiger partial charge in [0.2, 0.25) is 15.9 Å². The lowest BCUT2D eigenvalue weighted by atomic mass is 10.2.